The van der Waals surface area contributed by atoms with Crippen LogP contribution in [-0.2, 0) is 19.1 Å². The number of halogens is 2. The van der Waals surface area contributed by atoms with Gasteiger partial charge in [0.1, 0.15) is 22.9 Å². The van der Waals surface area contributed by atoms with E-state index < -0.39 is 0 Å². The second-order valence-corrected chi connectivity index (χ2v) is 5.31. The molecule has 0 aromatic heterocycles. The van der Waals surface area contributed by atoms with E-state index >= 15 is 0 Å². The number of hydrogen-bond acceptors (Lipinski definition) is 4. The Morgan fingerprint density at radius 3 is 1.50 bits per heavy atom. The molecule has 0 aromatic carbocycles. The Morgan fingerprint density at radius 2 is 1.29 bits per heavy atom. The van der Waals surface area contributed by atoms with Gasteiger partial charge >= 0.3 is 11.9 Å². The van der Waals surface area contributed by atoms with Gasteiger partial charge in [-0.2, -0.15) is 0 Å². The first kappa shape index (κ1) is 13.9. The molecule has 0 amide bonds. The van der Waals surface area contributed by atoms with E-state index in [0.717, 1.165) is 0 Å². The Hall–Kier alpha value is -0.100. The quantitative estimate of drug-likeness (QED) is 0.436. The fourth-order valence-electron chi connectivity index (χ4n) is 0.514. The molecule has 0 heterocycles. The molecule has 0 aromatic rings. The lowest BCUT2D eigenvalue weighted by Crippen LogP contribution is -2.20. The van der Waals surface area contributed by atoms with E-state index in [1.165, 1.54) is 0 Å². The molecule has 2 atom stereocenters. The third kappa shape index (κ3) is 6.37. The number of esters is 2. The molecule has 0 saturated carbocycles. The van der Waals surface area contributed by atoms with Gasteiger partial charge in [-0.15, -0.1) is 0 Å². The molecule has 0 radical (unpaired) electrons. The van der Waals surface area contributed by atoms with Crippen molar-refractivity contribution >= 4 is 43.8 Å². The SMILES string of the molecule is C[C@H](Br)C(=O)OCCOC(=O)[C@H](C)Br. The number of ether oxygens (including phenoxy) is 2. The average Bonchev–Trinajstić information content (AvgIpc) is 2.11. The molecule has 0 aliphatic rings. The Morgan fingerprint density at radius 1 is 1.00 bits per heavy atom. The molecular formula is C8H12Br2O4. The van der Waals surface area contributed by atoms with Crippen molar-refractivity contribution in [1.29, 1.82) is 0 Å². The second kappa shape index (κ2) is 7.23. The number of carbonyl (C=O) groups is 2. The summed E-state index contributed by atoms with van der Waals surface area (Å²) in [5.74, 6) is -0.735. The lowest BCUT2D eigenvalue weighted by atomic mass is 10.5. The maximum Gasteiger partial charge on any atom is 0.319 e. The first-order valence-corrected chi connectivity index (χ1v) is 5.89. The Labute approximate surface area is 99.6 Å². The van der Waals surface area contributed by atoms with Crippen LogP contribution in [0, 0.1) is 0 Å². The van der Waals surface area contributed by atoms with Crippen LogP contribution in [0.25, 0.3) is 0 Å². The van der Waals surface area contributed by atoms with E-state index in [1.54, 1.807) is 13.8 Å². The Bertz CT molecular complexity index is 182. The maximum atomic E-state index is 10.9. The summed E-state index contributed by atoms with van der Waals surface area (Å²) in [6, 6.07) is 0. The molecule has 4 nitrogen and oxygen atoms in total. The van der Waals surface area contributed by atoms with Gasteiger partial charge < -0.3 is 9.47 Å². The molecule has 0 spiro atoms. The standard InChI is InChI=1S/C8H12Br2O4/c1-5(9)7(11)13-3-4-14-8(12)6(2)10/h5-6H,3-4H2,1-2H3/t5-,6-/m0/s1. The zero-order chi connectivity index (χ0) is 11.1. The number of alkyl halides is 2. The molecule has 0 rings (SSSR count). The summed E-state index contributed by atoms with van der Waals surface area (Å²) in [6.07, 6.45) is 0. The molecular weight excluding hydrogens is 320 g/mol. The van der Waals surface area contributed by atoms with Crippen LogP contribution in [-0.4, -0.2) is 34.8 Å². The van der Waals surface area contributed by atoms with Crippen molar-refractivity contribution in [2.75, 3.05) is 13.2 Å². The molecule has 0 saturated heterocycles. The summed E-state index contributed by atoms with van der Waals surface area (Å²) < 4.78 is 9.51. The lowest BCUT2D eigenvalue weighted by molar-refractivity contribution is -0.151. The smallest absolute Gasteiger partial charge is 0.319 e. The van der Waals surface area contributed by atoms with Crippen molar-refractivity contribution in [2.24, 2.45) is 0 Å². The summed E-state index contributed by atoms with van der Waals surface area (Å²) >= 11 is 6.11. The minimum Gasteiger partial charge on any atom is -0.461 e. The zero-order valence-corrected chi connectivity index (χ0v) is 11.1. The highest BCUT2D eigenvalue weighted by atomic mass is 79.9. The van der Waals surface area contributed by atoms with E-state index in [4.69, 9.17) is 9.47 Å². The maximum absolute atomic E-state index is 10.9. The summed E-state index contributed by atoms with van der Waals surface area (Å²) in [5.41, 5.74) is 0. The monoisotopic (exact) mass is 330 g/mol. The van der Waals surface area contributed by atoms with Crippen LogP contribution >= 0.6 is 31.9 Å². The van der Waals surface area contributed by atoms with Gasteiger partial charge in [-0.1, -0.05) is 31.9 Å². The summed E-state index contributed by atoms with van der Waals surface area (Å²) in [5, 5.41) is 0. The molecule has 0 unspecified atom stereocenters. The largest absolute Gasteiger partial charge is 0.461 e. The van der Waals surface area contributed by atoms with Crippen molar-refractivity contribution in [3.63, 3.8) is 0 Å². The van der Waals surface area contributed by atoms with Gasteiger partial charge in [-0.3, -0.25) is 9.59 Å². The van der Waals surface area contributed by atoms with Crippen LogP contribution in [0.4, 0.5) is 0 Å². The molecule has 0 aliphatic carbocycles. The zero-order valence-electron chi connectivity index (χ0n) is 7.96. The normalized spacial score (nSPS) is 14.3. The summed E-state index contributed by atoms with van der Waals surface area (Å²) in [6.45, 7) is 3.49. The summed E-state index contributed by atoms with van der Waals surface area (Å²) in [7, 11) is 0. The Kier molecular flexibility index (Phi) is 7.17. The highest BCUT2D eigenvalue weighted by Crippen LogP contribution is 2.01. The minimum atomic E-state index is -0.368. The molecule has 82 valence electrons. The second-order valence-electron chi connectivity index (χ2n) is 2.57. The number of rotatable bonds is 5. The molecule has 6 heteroatoms. The van der Waals surface area contributed by atoms with Crippen LogP contribution in [0.3, 0.4) is 0 Å². The van der Waals surface area contributed by atoms with Crippen LogP contribution in [0.5, 0.6) is 0 Å². The van der Waals surface area contributed by atoms with E-state index in [1.807, 2.05) is 0 Å². The van der Waals surface area contributed by atoms with E-state index in [2.05, 4.69) is 31.9 Å². The van der Waals surface area contributed by atoms with Crippen LogP contribution in [0.2, 0.25) is 0 Å². The van der Waals surface area contributed by atoms with Gasteiger partial charge in [-0.25, -0.2) is 0 Å². The van der Waals surface area contributed by atoms with Crippen molar-refractivity contribution < 1.29 is 19.1 Å². The lowest BCUT2D eigenvalue weighted by Gasteiger charge is -2.07. The van der Waals surface area contributed by atoms with Gasteiger partial charge in [0.25, 0.3) is 0 Å². The van der Waals surface area contributed by atoms with Gasteiger partial charge in [0.05, 0.1) is 0 Å². The van der Waals surface area contributed by atoms with E-state index in [9.17, 15) is 9.59 Å². The molecule has 0 aliphatic heterocycles. The van der Waals surface area contributed by atoms with Crippen molar-refractivity contribution in [3.05, 3.63) is 0 Å². The van der Waals surface area contributed by atoms with Gasteiger partial charge in [0.2, 0.25) is 0 Å². The van der Waals surface area contributed by atoms with Crippen LogP contribution < -0.4 is 0 Å². The Balaban J connectivity index is 3.48. The minimum absolute atomic E-state index is 0.0836. The van der Waals surface area contributed by atoms with Crippen LogP contribution in [0.1, 0.15) is 13.8 Å². The highest BCUT2D eigenvalue weighted by molar-refractivity contribution is 9.10. The third-order valence-electron chi connectivity index (χ3n) is 1.22. The average molecular weight is 332 g/mol. The molecule has 0 bridgehead atoms. The topological polar surface area (TPSA) is 52.6 Å². The van der Waals surface area contributed by atoms with E-state index in [-0.39, 0.29) is 34.8 Å². The van der Waals surface area contributed by atoms with Crippen molar-refractivity contribution in [2.45, 2.75) is 23.5 Å². The number of hydrogen-bond donors (Lipinski definition) is 0. The van der Waals surface area contributed by atoms with Crippen molar-refractivity contribution in [1.82, 2.24) is 0 Å². The van der Waals surface area contributed by atoms with E-state index in [0.29, 0.717) is 0 Å². The number of carbonyl (C=O) groups excluding carboxylic acids is 2. The fraction of sp³-hybridized carbons (Fsp3) is 0.750. The summed E-state index contributed by atoms with van der Waals surface area (Å²) in [4.78, 5) is 21.1. The molecule has 14 heavy (non-hydrogen) atoms. The first-order chi connectivity index (χ1) is 6.45. The predicted octanol–water partition coefficient (Wildman–Crippen LogP) is 1.64. The predicted molar refractivity (Wildman–Crippen MR) is 58.7 cm³/mol. The highest BCUT2D eigenvalue weighted by Gasteiger charge is 2.12. The van der Waals surface area contributed by atoms with Gasteiger partial charge in [-0.05, 0) is 13.8 Å². The first-order valence-electron chi connectivity index (χ1n) is 4.06. The van der Waals surface area contributed by atoms with Crippen LogP contribution in [0.15, 0.2) is 0 Å². The third-order valence-corrected chi connectivity index (χ3v) is 1.97. The van der Waals surface area contributed by atoms with Gasteiger partial charge in [0, 0.05) is 0 Å². The fourth-order valence-corrected chi connectivity index (χ4v) is 0.779. The van der Waals surface area contributed by atoms with Crippen molar-refractivity contribution in [3.8, 4) is 0 Å². The molecule has 0 N–H and O–H groups in total. The van der Waals surface area contributed by atoms with Gasteiger partial charge in [0.15, 0.2) is 0 Å². The molecule has 0 fully saturated rings.